The highest BCUT2D eigenvalue weighted by atomic mass is 127. The van der Waals surface area contributed by atoms with Gasteiger partial charge in [0.05, 0.1) is 9.12 Å². The van der Waals surface area contributed by atoms with E-state index in [4.69, 9.17) is 0 Å². The molecule has 4 heteroatoms. The van der Waals surface area contributed by atoms with Crippen LogP contribution in [0.25, 0.3) is 0 Å². The number of aryl methyl sites for hydroxylation is 1. The molecule has 1 heterocycles. The summed E-state index contributed by atoms with van der Waals surface area (Å²) in [6.07, 6.45) is 5.65. The molecule has 0 fully saturated rings. The van der Waals surface area contributed by atoms with Gasteiger partial charge >= 0.3 is 0 Å². The second-order valence-electron chi connectivity index (χ2n) is 3.58. The Morgan fingerprint density at radius 2 is 2.31 bits per heavy atom. The normalized spacial score (nSPS) is 15.7. The lowest BCUT2D eigenvalue weighted by molar-refractivity contribution is 0.587. The Morgan fingerprint density at radius 1 is 1.62 bits per heavy atom. The van der Waals surface area contributed by atoms with Crippen LogP contribution in [0.1, 0.15) is 38.8 Å². The van der Waals surface area contributed by atoms with Gasteiger partial charge in [0.15, 0.2) is 0 Å². The lowest BCUT2D eigenvalue weighted by Gasteiger charge is -2.18. The predicted molar refractivity (Wildman–Crippen MR) is 61.9 cm³/mol. The zero-order valence-corrected chi connectivity index (χ0v) is 10.6. The molecule has 0 amide bonds. The molecule has 1 unspecified atom stereocenters. The van der Waals surface area contributed by atoms with Crippen molar-refractivity contribution in [1.82, 2.24) is 15.0 Å². The van der Waals surface area contributed by atoms with E-state index in [-0.39, 0.29) is 3.42 Å². The molecule has 0 saturated carbocycles. The molecule has 1 aromatic heterocycles. The van der Waals surface area contributed by atoms with Crippen LogP contribution in [-0.2, 0) is 10.5 Å². The van der Waals surface area contributed by atoms with E-state index < -0.39 is 0 Å². The van der Waals surface area contributed by atoms with E-state index in [1.807, 2.05) is 13.2 Å². The fraction of sp³-hybridized carbons (Fsp3) is 0.778. The molecule has 13 heavy (non-hydrogen) atoms. The zero-order chi connectivity index (χ0) is 9.90. The molecule has 0 N–H and O–H groups in total. The third kappa shape index (κ3) is 2.93. The van der Waals surface area contributed by atoms with Crippen molar-refractivity contribution in [2.24, 2.45) is 7.05 Å². The summed E-state index contributed by atoms with van der Waals surface area (Å²) in [7, 11) is 1.91. The number of nitrogens with zero attached hydrogens (tertiary/aromatic N) is 3. The summed E-state index contributed by atoms with van der Waals surface area (Å²) >= 11 is 2.46. The molecule has 0 spiro atoms. The Kier molecular flexibility index (Phi) is 3.70. The Labute approximate surface area is 93.0 Å². The first-order valence-corrected chi connectivity index (χ1v) is 5.70. The molecule has 0 bridgehead atoms. The van der Waals surface area contributed by atoms with Crippen LogP contribution in [0.5, 0.6) is 0 Å². The van der Waals surface area contributed by atoms with Gasteiger partial charge in [0.2, 0.25) is 0 Å². The molecular formula is C9H16IN3. The summed E-state index contributed by atoms with van der Waals surface area (Å²) in [5.74, 6) is 0. The van der Waals surface area contributed by atoms with E-state index >= 15 is 0 Å². The van der Waals surface area contributed by atoms with Gasteiger partial charge in [0.1, 0.15) is 0 Å². The van der Waals surface area contributed by atoms with Crippen LogP contribution in [0, 0.1) is 0 Å². The van der Waals surface area contributed by atoms with Crippen LogP contribution in [0.2, 0.25) is 0 Å². The molecule has 0 radical (unpaired) electrons. The van der Waals surface area contributed by atoms with E-state index in [9.17, 15) is 0 Å². The van der Waals surface area contributed by atoms with Crippen molar-refractivity contribution >= 4 is 22.6 Å². The summed E-state index contributed by atoms with van der Waals surface area (Å²) in [6.45, 7) is 4.43. The van der Waals surface area contributed by atoms with Crippen molar-refractivity contribution in [3.05, 3.63) is 11.9 Å². The summed E-state index contributed by atoms with van der Waals surface area (Å²) in [6, 6.07) is 0. The third-order valence-electron chi connectivity index (χ3n) is 2.14. The maximum atomic E-state index is 4.15. The van der Waals surface area contributed by atoms with Crippen molar-refractivity contribution in [2.45, 2.75) is 36.5 Å². The fourth-order valence-corrected chi connectivity index (χ4v) is 1.85. The Hall–Kier alpha value is -0.130. The highest BCUT2D eigenvalue weighted by Gasteiger charge is 2.25. The van der Waals surface area contributed by atoms with E-state index in [1.165, 1.54) is 19.3 Å². The van der Waals surface area contributed by atoms with Gasteiger partial charge < -0.3 is 0 Å². The molecule has 1 atom stereocenters. The standard InChI is InChI=1S/C9H16IN3/c1-4-5-6-9(2,10)8-7-13(3)12-11-8/h7H,4-6H2,1-3H3. The van der Waals surface area contributed by atoms with Gasteiger partial charge in [-0.15, -0.1) is 5.10 Å². The van der Waals surface area contributed by atoms with E-state index in [1.54, 1.807) is 4.68 Å². The number of hydrogen-bond acceptors (Lipinski definition) is 2. The lowest BCUT2D eigenvalue weighted by atomic mass is 10.0. The summed E-state index contributed by atoms with van der Waals surface area (Å²) in [5.41, 5.74) is 1.09. The summed E-state index contributed by atoms with van der Waals surface area (Å²) in [4.78, 5) is 0. The Bertz CT molecular complexity index is 268. The average Bonchev–Trinajstić information content (AvgIpc) is 2.49. The smallest absolute Gasteiger partial charge is 0.0983 e. The van der Waals surface area contributed by atoms with Crippen molar-refractivity contribution in [3.63, 3.8) is 0 Å². The fourth-order valence-electron chi connectivity index (χ4n) is 1.22. The number of unbranched alkanes of at least 4 members (excludes halogenated alkanes) is 1. The van der Waals surface area contributed by atoms with Gasteiger partial charge in [0.25, 0.3) is 0 Å². The number of alkyl halides is 1. The average molecular weight is 293 g/mol. The molecule has 0 saturated heterocycles. The van der Waals surface area contributed by atoms with E-state index in [0.29, 0.717) is 0 Å². The van der Waals surface area contributed by atoms with Crippen molar-refractivity contribution in [2.75, 3.05) is 0 Å². The number of hydrogen-bond donors (Lipinski definition) is 0. The molecule has 0 aliphatic heterocycles. The van der Waals surface area contributed by atoms with Gasteiger partial charge in [0, 0.05) is 13.2 Å². The largest absolute Gasteiger partial charge is 0.255 e. The Balaban J connectivity index is 2.68. The van der Waals surface area contributed by atoms with Crippen LogP contribution in [-0.4, -0.2) is 15.0 Å². The minimum Gasteiger partial charge on any atom is -0.255 e. The van der Waals surface area contributed by atoms with Gasteiger partial charge in [-0.1, -0.05) is 47.6 Å². The summed E-state index contributed by atoms with van der Waals surface area (Å²) < 4.78 is 1.90. The zero-order valence-electron chi connectivity index (χ0n) is 8.42. The Morgan fingerprint density at radius 3 is 2.77 bits per heavy atom. The maximum absolute atomic E-state index is 4.15. The quantitative estimate of drug-likeness (QED) is 0.631. The first-order valence-electron chi connectivity index (χ1n) is 4.62. The van der Waals surface area contributed by atoms with Crippen molar-refractivity contribution in [3.8, 4) is 0 Å². The van der Waals surface area contributed by atoms with Crippen molar-refractivity contribution < 1.29 is 0 Å². The van der Waals surface area contributed by atoms with Gasteiger partial charge in [-0.2, -0.15) is 0 Å². The highest BCUT2D eigenvalue weighted by Crippen LogP contribution is 2.34. The van der Waals surface area contributed by atoms with E-state index in [0.717, 1.165) is 5.69 Å². The SMILES string of the molecule is CCCCC(C)(I)c1cn(C)nn1. The van der Waals surface area contributed by atoms with E-state index in [2.05, 4.69) is 46.8 Å². The van der Waals surface area contributed by atoms with Crippen LogP contribution < -0.4 is 0 Å². The minimum absolute atomic E-state index is 0.141. The topological polar surface area (TPSA) is 30.7 Å². The molecular weight excluding hydrogens is 277 g/mol. The van der Waals surface area contributed by atoms with Crippen molar-refractivity contribution in [1.29, 1.82) is 0 Å². The third-order valence-corrected chi connectivity index (χ3v) is 3.23. The lowest BCUT2D eigenvalue weighted by Crippen LogP contribution is -2.13. The number of rotatable bonds is 4. The second kappa shape index (κ2) is 4.39. The minimum atomic E-state index is 0.141. The van der Waals surface area contributed by atoms with Gasteiger partial charge in [-0.25, -0.2) is 0 Å². The molecule has 1 aromatic rings. The first-order chi connectivity index (χ1) is 6.06. The summed E-state index contributed by atoms with van der Waals surface area (Å²) in [5, 5.41) is 8.10. The highest BCUT2D eigenvalue weighted by molar-refractivity contribution is 14.1. The molecule has 0 aliphatic rings. The van der Waals surface area contributed by atoms with Gasteiger partial charge in [-0.05, 0) is 13.3 Å². The van der Waals surface area contributed by atoms with Crippen LogP contribution >= 0.6 is 22.6 Å². The molecule has 0 aromatic carbocycles. The number of halogens is 1. The molecule has 0 aliphatic carbocycles. The molecule has 74 valence electrons. The number of aromatic nitrogens is 3. The van der Waals surface area contributed by atoms with Gasteiger partial charge in [-0.3, -0.25) is 4.68 Å². The maximum Gasteiger partial charge on any atom is 0.0983 e. The second-order valence-corrected chi connectivity index (χ2v) is 5.96. The molecule has 1 rings (SSSR count). The predicted octanol–water partition coefficient (Wildman–Crippen LogP) is 2.66. The first kappa shape index (κ1) is 10.9. The van der Waals surface area contributed by atoms with Crippen LogP contribution in [0.15, 0.2) is 6.20 Å². The monoisotopic (exact) mass is 293 g/mol. The van der Waals surface area contributed by atoms with Crippen LogP contribution in [0.4, 0.5) is 0 Å². The van der Waals surface area contributed by atoms with Crippen LogP contribution in [0.3, 0.4) is 0 Å². The molecule has 3 nitrogen and oxygen atoms in total.